The van der Waals surface area contributed by atoms with Crippen molar-refractivity contribution in [3.63, 3.8) is 0 Å². The molecular weight excluding hydrogens is 252 g/mol. The number of ether oxygens (including phenoxy) is 2. The van der Waals surface area contributed by atoms with E-state index in [1.165, 1.54) is 0 Å². The maximum absolute atomic E-state index is 6.10. The van der Waals surface area contributed by atoms with Gasteiger partial charge in [-0.25, -0.2) is 0 Å². The van der Waals surface area contributed by atoms with Crippen LogP contribution in [-0.4, -0.2) is 18.2 Å². The number of nitrogens with two attached hydrogens (primary N) is 1. The van der Waals surface area contributed by atoms with Crippen molar-refractivity contribution >= 4 is 5.69 Å². The Bertz CT molecular complexity index is 597. The van der Waals surface area contributed by atoms with E-state index in [0.29, 0.717) is 18.9 Å². The normalized spacial score (nSPS) is 10.3. The van der Waals surface area contributed by atoms with Crippen molar-refractivity contribution in [3.05, 3.63) is 36.0 Å². The zero-order chi connectivity index (χ0) is 14.5. The minimum Gasteiger partial charge on any atom is -0.490 e. The van der Waals surface area contributed by atoms with Crippen LogP contribution >= 0.6 is 0 Å². The van der Waals surface area contributed by atoms with Crippen molar-refractivity contribution in [1.82, 2.24) is 4.98 Å². The second kappa shape index (κ2) is 6.28. The number of aromatic nitrogens is 1. The lowest BCUT2D eigenvalue weighted by atomic mass is 10.1. The summed E-state index contributed by atoms with van der Waals surface area (Å²) >= 11 is 0. The number of hydrogen-bond donors (Lipinski definition) is 1. The minimum absolute atomic E-state index is 0.584. The third kappa shape index (κ3) is 2.85. The van der Waals surface area contributed by atoms with E-state index in [2.05, 4.69) is 4.98 Å². The van der Waals surface area contributed by atoms with Crippen LogP contribution in [0.5, 0.6) is 11.5 Å². The van der Waals surface area contributed by atoms with Crippen molar-refractivity contribution in [3.8, 4) is 22.8 Å². The predicted octanol–water partition coefficient (Wildman–Crippen LogP) is 3.44. The number of aryl methyl sites for hydroxylation is 1. The lowest BCUT2D eigenvalue weighted by Crippen LogP contribution is -2.00. The average molecular weight is 272 g/mol. The van der Waals surface area contributed by atoms with Crippen LogP contribution in [0.2, 0.25) is 0 Å². The zero-order valence-corrected chi connectivity index (χ0v) is 12.1. The maximum atomic E-state index is 6.10. The van der Waals surface area contributed by atoms with E-state index in [9.17, 15) is 0 Å². The first-order valence-electron chi connectivity index (χ1n) is 6.78. The van der Waals surface area contributed by atoms with Crippen LogP contribution in [0.4, 0.5) is 5.69 Å². The van der Waals surface area contributed by atoms with Crippen LogP contribution in [0.1, 0.15) is 19.4 Å². The van der Waals surface area contributed by atoms with Gasteiger partial charge in [-0.15, -0.1) is 0 Å². The highest BCUT2D eigenvalue weighted by molar-refractivity contribution is 5.76. The molecule has 0 spiro atoms. The van der Waals surface area contributed by atoms with E-state index in [4.69, 9.17) is 15.2 Å². The smallest absolute Gasteiger partial charge is 0.161 e. The summed E-state index contributed by atoms with van der Waals surface area (Å²) in [5.74, 6) is 1.46. The average Bonchev–Trinajstić information content (AvgIpc) is 2.44. The molecule has 0 amide bonds. The zero-order valence-electron chi connectivity index (χ0n) is 12.1. The molecule has 0 radical (unpaired) electrons. The monoisotopic (exact) mass is 272 g/mol. The Morgan fingerprint density at radius 3 is 2.45 bits per heavy atom. The molecule has 2 aromatic rings. The van der Waals surface area contributed by atoms with Crippen LogP contribution in [0.15, 0.2) is 30.5 Å². The molecule has 4 nitrogen and oxygen atoms in total. The van der Waals surface area contributed by atoms with Crippen molar-refractivity contribution in [2.24, 2.45) is 0 Å². The molecule has 106 valence electrons. The molecule has 2 N–H and O–H groups in total. The summed E-state index contributed by atoms with van der Waals surface area (Å²) in [6.45, 7) is 7.05. The molecule has 0 aliphatic carbocycles. The fourth-order valence-electron chi connectivity index (χ4n) is 2.00. The van der Waals surface area contributed by atoms with Crippen molar-refractivity contribution in [2.75, 3.05) is 18.9 Å². The van der Waals surface area contributed by atoms with E-state index >= 15 is 0 Å². The van der Waals surface area contributed by atoms with Gasteiger partial charge in [0, 0.05) is 11.8 Å². The minimum atomic E-state index is 0.584. The Balaban J connectivity index is 2.47. The van der Waals surface area contributed by atoms with Crippen LogP contribution in [0.25, 0.3) is 11.3 Å². The largest absolute Gasteiger partial charge is 0.490 e. The molecule has 0 fully saturated rings. The van der Waals surface area contributed by atoms with Gasteiger partial charge in [-0.05, 0) is 50.6 Å². The second-order valence-electron chi connectivity index (χ2n) is 4.42. The molecule has 4 heteroatoms. The topological polar surface area (TPSA) is 57.4 Å². The van der Waals surface area contributed by atoms with Gasteiger partial charge in [-0.2, -0.15) is 0 Å². The Labute approximate surface area is 119 Å². The van der Waals surface area contributed by atoms with Gasteiger partial charge in [-0.1, -0.05) is 0 Å². The molecule has 0 saturated carbocycles. The van der Waals surface area contributed by atoms with Gasteiger partial charge in [0.05, 0.1) is 24.6 Å². The summed E-state index contributed by atoms with van der Waals surface area (Å²) in [7, 11) is 0. The van der Waals surface area contributed by atoms with Crippen LogP contribution in [0.3, 0.4) is 0 Å². The highest BCUT2D eigenvalue weighted by Gasteiger charge is 2.11. The molecule has 0 unspecified atom stereocenters. The molecule has 0 bridgehead atoms. The summed E-state index contributed by atoms with van der Waals surface area (Å²) in [6.07, 6.45) is 1.76. The number of pyridine rings is 1. The molecule has 20 heavy (non-hydrogen) atoms. The van der Waals surface area contributed by atoms with E-state index in [1.807, 2.05) is 45.0 Å². The van der Waals surface area contributed by atoms with Gasteiger partial charge in [0.1, 0.15) is 0 Å². The molecule has 0 aliphatic rings. The van der Waals surface area contributed by atoms with Gasteiger partial charge in [0.2, 0.25) is 0 Å². The van der Waals surface area contributed by atoms with Crippen molar-refractivity contribution in [1.29, 1.82) is 0 Å². The molecule has 1 aromatic heterocycles. The number of nitrogens with zero attached hydrogens (tertiary/aromatic N) is 1. The molecule has 1 aromatic carbocycles. The molecule has 0 atom stereocenters. The number of anilines is 1. The number of nitrogen functional groups attached to an aromatic ring is 1. The third-order valence-electron chi connectivity index (χ3n) is 3.02. The van der Waals surface area contributed by atoms with Crippen LogP contribution in [0, 0.1) is 6.92 Å². The van der Waals surface area contributed by atoms with Crippen LogP contribution in [-0.2, 0) is 0 Å². The summed E-state index contributed by atoms with van der Waals surface area (Å²) < 4.78 is 11.2. The Morgan fingerprint density at radius 2 is 1.75 bits per heavy atom. The second-order valence-corrected chi connectivity index (χ2v) is 4.42. The standard InChI is InChI=1S/C16H20N2O2/c1-4-19-13-7-6-12(10-14(13)20-5-2)16-15(17)11(3)8-9-18-16/h6-10H,4-5,17H2,1-3H3. The quantitative estimate of drug-likeness (QED) is 0.905. The predicted molar refractivity (Wildman–Crippen MR) is 81.2 cm³/mol. The molecule has 0 aliphatic heterocycles. The number of rotatable bonds is 5. The summed E-state index contributed by atoms with van der Waals surface area (Å²) in [5.41, 5.74) is 9.51. The highest BCUT2D eigenvalue weighted by Crippen LogP contribution is 2.34. The van der Waals surface area contributed by atoms with E-state index in [-0.39, 0.29) is 0 Å². The SMILES string of the molecule is CCOc1ccc(-c2nccc(C)c2N)cc1OCC. The van der Waals surface area contributed by atoms with Crippen LogP contribution < -0.4 is 15.2 Å². The summed E-state index contributed by atoms with van der Waals surface area (Å²) in [5, 5.41) is 0. The Kier molecular flexibility index (Phi) is 4.45. The maximum Gasteiger partial charge on any atom is 0.161 e. The summed E-state index contributed by atoms with van der Waals surface area (Å²) in [4.78, 5) is 4.36. The molecule has 1 heterocycles. The molecule has 2 rings (SSSR count). The molecular formula is C16H20N2O2. The first-order valence-corrected chi connectivity index (χ1v) is 6.78. The van der Waals surface area contributed by atoms with Gasteiger partial charge in [-0.3, -0.25) is 4.98 Å². The Morgan fingerprint density at radius 1 is 1.05 bits per heavy atom. The van der Waals surface area contributed by atoms with Crippen molar-refractivity contribution < 1.29 is 9.47 Å². The fraction of sp³-hybridized carbons (Fsp3) is 0.312. The lowest BCUT2D eigenvalue weighted by molar-refractivity contribution is 0.288. The summed E-state index contributed by atoms with van der Waals surface area (Å²) in [6, 6.07) is 7.67. The van der Waals surface area contributed by atoms with Gasteiger partial charge < -0.3 is 15.2 Å². The fourth-order valence-corrected chi connectivity index (χ4v) is 2.00. The van der Waals surface area contributed by atoms with E-state index in [1.54, 1.807) is 6.20 Å². The lowest BCUT2D eigenvalue weighted by Gasteiger charge is -2.13. The van der Waals surface area contributed by atoms with Crippen molar-refractivity contribution in [2.45, 2.75) is 20.8 Å². The van der Waals surface area contributed by atoms with Gasteiger partial charge in [0.15, 0.2) is 11.5 Å². The Hall–Kier alpha value is -2.23. The first kappa shape index (κ1) is 14.2. The van der Waals surface area contributed by atoms with E-state index < -0.39 is 0 Å². The third-order valence-corrected chi connectivity index (χ3v) is 3.02. The van der Waals surface area contributed by atoms with Gasteiger partial charge in [0.25, 0.3) is 0 Å². The number of benzene rings is 1. The number of hydrogen-bond acceptors (Lipinski definition) is 4. The van der Waals surface area contributed by atoms with Gasteiger partial charge >= 0.3 is 0 Å². The molecule has 0 saturated heterocycles. The van der Waals surface area contributed by atoms with E-state index in [0.717, 1.165) is 28.3 Å². The highest BCUT2D eigenvalue weighted by atomic mass is 16.5. The first-order chi connectivity index (χ1) is 9.67.